The molecule has 0 N–H and O–H groups in total. The van der Waals surface area contributed by atoms with Gasteiger partial charge >= 0.3 is 18.3 Å². The van der Waals surface area contributed by atoms with Crippen LogP contribution in [-0.4, -0.2) is 51.9 Å². The molecule has 0 spiro atoms. The molecule has 37 heavy (non-hydrogen) atoms. The molecule has 2 unspecified atom stereocenters. The normalized spacial score (nSPS) is 17.9. The van der Waals surface area contributed by atoms with Gasteiger partial charge in [0, 0.05) is 31.1 Å². The van der Waals surface area contributed by atoms with Crippen LogP contribution in [0.15, 0.2) is 53.1 Å². The summed E-state index contributed by atoms with van der Waals surface area (Å²) in [5, 5.41) is 14.6. The topological polar surface area (TPSA) is 121 Å². The lowest BCUT2D eigenvalue weighted by molar-refractivity contribution is -0.384. The second-order valence-corrected chi connectivity index (χ2v) is 8.54. The summed E-state index contributed by atoms with van der Waals surface area (Å²) in [4.78, 5) is 29.0. The zero-order chi connectivity index (χ0) is 26.6. The number of aromatic nitrogens is 2. The molecule has 196 valence electrons. The van der Waals surface area contributed by atoms with Crippen LogP contribution in [0.25, 0.3) is 0 Å². The number of carbonyl (C=O) groups is 1. The maximum absolute atomic E-state index is 13.0. The van der Waals surface area contributed by atoms with Gasteiger partial charge in [0.05, 0.1) is 23.9 Å². The molecule has 0 radical (unpaired) electrons. The van der Waals surface area contributed by atoms with Crippen molar-refractivity contribution in [2.45, 2.75) is 37.8 Å². The lowest BCUT2D eigenvalue weighted by atomic mass is 9.84. The molecule has 1 amide bonds. The third kappa shape index (κ3) is 6.74. The molecular weight excluding hydrogens is 497 g/mol. The molecule has 0 aliphatic carbocycles. The summed E-state index contributed by atoms with van der Waals surface area (Å²) in [5.74, 6) is -0.262. The highest BCUT2D eigenvalue weighted by Crippen LogP contribution is 2.36. The van der Waals surface area contributed by atoms with Crippen molar-refractivity contribution in [1.82, 2.24) is 15.0 Å². The number of likely N-dealkylation sites (tertiary alicyclic amines) is 1. The molecule has 4 rings (SSSR count). The molecule has 1 aliphatic rings. The largest absolute Gasteiger partial charge is 0.462 e. The van der Waals surface area contributed by atoms with Crippen LogP contribution >= 0.6 is 0 Å². The van der Waals surface area contributed by atoms with E-state index in [2.05, 4.69) is 10.1 Å². The Labute approximate surface area is 209 Å². The van der Waals surface area contributed by atoms with Crippen LogP contribution in [0.1, 0.15) is 42.2 Å². The summed E-state index contributed by atoms with van der Waals surface area (Å²) in [6.07, 6.45) is -5.54. The highest BCUT2D eigenvalue weighted by molar-refractivity contribution is 5.71. The predicted molar refractivity (Wildman–Crippen MR) is 122 cm³/mol. The first-order chi connectivity index (χ1) is 17.6. The van der Waals surface area contributed by atoms with Crippen molar-refractivity contribution in [3.8, 4) is 11.8 Å². The van der Waals surface area contributed by atoms with Crippen LogP contribution in [0.4, 0.5) is 23.7 Å². The molecule has 2 aromatic carbocycles. The molecule has 1 fully saturated rings. The quantitative estimate of drug-likeness (QED) is 0.306. The van der Waals surface area contributed by atoms with Crippen LogP contribution in [0.3, 0.4) is 0 Å². The fourth-order valence-corrected chi connectivity index (χ4v) is 4.18. The minimum absolute atomic E-state index is 0.0659. The zero-order valence-electron chi connectivity index (χ0n) is 19.7. The second-order valence-electron chi connectivity index (χ2n) is 8.54. The molecule has 10 nitrogen and oxygen atoms in total. The molecule has 2 heterocycles. The predicted octanol–water partition coefficient (Wildman–Crippen LogP) is 5.25. The van der Waals surface area contributed by atoms with E-state index in [0.717, 1.165) is 5.56 Å². The average Bonchev–Trinajstić information content (AvgIpc) is 3.32. The number of non-ortho nitro benzene ring substituents is 1. The fourth-order valence-electron chi connectivity index (χ4n) is 4.18. The van der Waals surface area contributed by atoms with Gasteiger partial charge in [-0.05, 0) is 41.8 Å². The first-order valence-corrected chi connectivity index (χ1v) is 11.4. The highest BCUT2D eigenvalue weighted by Gasteiger charge is 2.36. The number of hydrogen-bond acceptors (Lipinski definition) is 8. The molecule has 13 heteroatoms. The molecule has 0 saturated carbocycles. The number of nitro groups is 1. The van der Waals surface area contributed by atoms with E-state index in [1.807, 2.05) is 0 Å². The van der Waals surface area contributed by atoms with Crippen LogP contribution in [0.5, 0.6) is 11.8 Å². The molecule has 1 aromatic heterocycles. The lowest BCUT2D eigenvalue weighted by Crippen LogP contribution is -2.44. The van der Waals surface area contributed by atoms with Gasteiger partial charge in [0.15, 0.2) is 0 Å². The van der Waals surface area contributed by atoms with Gasteiger partial charge < -0.3 is 18.9 Å². The standard InChI is InChI=1S/C24H23F3N4O6/c1-2-35-22-28-21(37-29-22)18-11-17(16-5-3-15(4-6-16)12-24(25,26)27)13-30(14-18)23(32)36-20-9-7-19(8-10-20)31(33)34/h3-10,17-18H,2,11-14H2,1H3. The maximum atomic E-state index is 13.0. The van der Waals surface area contributed by atoms with Crippen molar-refractivity contribution in [1.29, 1.82) is 0 Å². The van der Waals surface area contributed by atoms with Gasteiger partial charge in [0.2, 0.25) is 5.89 Å². The average molecular weight is 520 g/mol. The highest BCUT2D eigenvalue weighted by atomic mass is 19.4. The van der Waals surface area contributed by atoms with Crippen LogP contribution in [0, 0.1) is 10.1 Å². The fraction of sp³-hybridized carbons (Fsp3) is 0.375. The van der Waals surface area contributed by atoms with Crippen molar-refractivity contribution >= 4 is 11.8 Å². The van der Waals surface area contributed by atoms with Gasteiger partial charge in [-0.2, -0.15) is 18.2 Å². The van der Waals surface area contributed by atoms with E-state index >= 15 is 0 Å². The van der Waals surface area contributed by atoms with E-state index in [1.54, 1.807) is 19.1 Å². The number of hydrogen-bond donors (Lipinski definition) is 0. The Morgan fingerprint density at radius 1 is 1.14 bits per heavy atom. The van der Waals surface area contributed by atoms with E-state index in [4.69, 9.17) is 14.0 Å². The van der Waals surface area contributed by atoms with Crippen LogP contribution in [-0.2, 0) is 6.42 Å². The molecule has 3 aromatic rings. The lowest BCUT2D eigenvalue weighted by Gasteiger charge is -2.36. The summed E-state index contributed by atoms with van der Waals surface area (Å²) in [6, 6.07) is 11.2. The number of alkyl halides is 3. The van der Waals surface area contributed by atoms with Gasteiger partial charge in [0.25, 0.3) is 5.69 Å². The Hall–Kier alpha value is -4.16. The molecule has 1 aliphatic heterocycles. The number of nitro benzene ring substituents is 1. The van der Waals surface area contributed by atoms with Crippen molar-refractivity contribution in [3.63, 3.8) is 0 Å². The summed E-state index contributed by atoms with van der Waals surface area (Å²) < 4.78 is 54.3. The summed E-state index contributed by atoms with van der Waals surface area (Å²) in [5.41, 5.74) is 0.734. The summed E-state index contributed by atoms with van der Waals surface area (Å²) >= 11 is 0. The van der Waals surface area contributed by atoms with Gasteiger partial charge in [-0.3, -0.25) is 10.1 Å². The minimum Gasteiger partial charge on any atom is -0.462 e. The minimum atomic E-state index is -4.31. The number of benzene rings is 2. The third-order valence-electron chi connectivity index (χ3n) is 5.86. The monoisotopic (exact) mass is 520 g/mol. The van der Waals surface area contributed by atoms with Gasteiger partial charge in [-0.15, -0.1) is 0 Å². The summed E-state index contributed by atoms with van der Waals surface area (Å²) in [7, 11) is 0. The molecule has 2 atom stereocenters. The SMILES string of the molecule is CCOc1noc(C2CC(c3ccc(CC(F)(F)F)cc3)CN(C(=O)Oc3ccc([N+](=O)[O-])cc3)C2)n1. The molecule has 1 saturated heterocycles. The maximum Gasteiger partial charge on any atom is 0.415 e. The second kappa shape index (κ2) is 10.8. The first kappa shape index (κ1) is 25.9. The van der Waals surface area contributed by atoms with Crippen molar-refractivity contribution in [2.24, 2.45) is 0 Å². The van der Waals surface area contributed by atoms with Crippen LogP contribution < -0.4 is 9.47 Å². The Morgan fingerprint density at radius 2 is 1.81 bits per heavy atom. The van der Waals surface area contributed by atoms with E-state index in [-0.39, 0.29) is 53.8 Å². The molecular formula is C24H23F3N4O6. The zero-order valence-corrected chi connectivity index (χ0v) is 19.7. The Bertz CT molecular complexity index is 1230. The van der Waals surface area contributed by atoms with Crippen molar-refractivity contribution in [2.75, 3.05) is 19.7 Å². The van der Waals surface area contributed by atoms with E-state index in [0.29, 0.717) is 13.0 Å². The number of piperidine rings is 1. The van der Waals surface area contributed by atoms with Crippen molar-refractivity contribution in [3.05, 3.63) is 75.7 Å². The Balaban J connectivity index is 1.54. The third-order valence-corrected chi connectivity index (χ3v) is 5.86. The Morgan fingerprint density at radius 3 is 2.43 bits per heavy atom. The van der Waals surface area contributed by atoms with Gasteiger partial charge in [0.1, 0.15) is 5.75 Å². The van der Waals surface area contributed by atoms with Crippen molar-refractivity contribution < 1.29 is 36.9 Å². The first-order valence-electron chi connectivity index (χ1n) is 11.4. The number of amides is 1. The number of ether oxygens (including phenoxy) is 2. The van der Waals surface area contributed by atoms with E-state index in [1.165, 1.54) is 41.3 Å². The Kier molecular flexibility index (Phi) is 7.60. The van der Waals surface area contributed by atoms with Gasteiger partial charge in [-0.1, -0.05) is 24.3 Å². The molecule has 0 bridgehead atoms. The van der Waals surface area contributed by atoms with E-state index in [9.17, 15) is 28.1 Å². The van der Waals surface area contributed by atoms with Gasteiger partial charge in [-0.25, -0.2) is 4.79 Å². The number of halogens is 3. The van der Waals surface area contributed by atoms with Crippen LogP contribution in [0.2, 0.25) is 0 Å². The summed E-state index contributed by atoms with van der Waals surface area (Å²) in [6.45, 7) is 2.52. The number of carbonyl (C=O) groups excluding carboxylic acids is 1. The smallest absolute Gasteiger partial charge is 0.415 e. The van der Waals surface area contributed by atoms with E-state index < -0.39 is 23.6 Å². The number of rotatable bonds is 7. The number of nitrogens with zero attached hydrogens (tertiary/aromatic N) is 4.